The normalized spacial score (nSPS) is 16.8. The van der Waals surface area contributed by atoms with Crippen LogP contribution in [0.25, 0.3) is 0 Å². The molecule has 29 heteroatoms. The number of phenols is 1. The zero-order valence-corrected chi connectivity index (χ0v) is 46.2. The van der Waals surface area contributed by atoms with E-state index in [4.69, 9.17) is 11.5 Å². The molecule has 0 saturated carbocycles. The van der Waals surface area contributed by atoms with Gasteiger partial charge in [0.2, 0.25) is 41.4 Å². The van der Waals surface area contributed by atoms with Gasteiger partial charge in [-0.3, -0.25) is 38.6 Å². The molecule has 1 aromatic heterocycles. The summed E-state index contributed by atoms with van der Waals surface area (Å²) >= 11 is 1.90. The van der Waals surface area contributed by atoms with Gasteiger partial charge in [0, 0.05) is 49.8 Å². The summed E-state index contributed by atoms with van der Waals surface area (Å²) in [5.74, 6) is -8.07. The lowest BCUT2D eigenvalue weighted by Crippen LogP contribution is -2.61. The monoisotopic (exact) mass is 1220 g/mol. The molecule has 5 rings (SSSR count). The van der Waals surface area contributed by atoms with Crippen LogP contribution in [0.5, 0.6) is 5.75 Å². The molecule has 7 atom stereocenters. The fraction of sp³-hybridized carbons (Fsp3) is 0.520. The molecule has 3 heterocycles. The number of aliphatic imine (C=N–C) groups is 1. The second-order valence-electron chi connectivity index (χ2n) is 19.8. The maximum atomic E-state index is 14.6. The Bertz CT molecular complexity index is 2720. The second kappa shape index (κ2) is 27.9. The van der Waals surface area contributed by atoms with Crippen molar-refractivity contribution < 1.29 is 61.7 Å². The number of amides is 7. The molecule has 1 fully saturated rings. The van der Waals surface area contributed by atoms with Crippen molar-refractivity contribution >= 4 is 75.9 Å². The molecular weight excluding hydrogens is 1150 g/mol. The number of guanidine groups is 1. The van der Waals surface area contributed by atoms with E-state index in [1.165, 1.54) is 41.7 Å². The van der Waals surface area contributed by atoms with E-state index in [1.54, 1.807) is 40.8 Å². The van der Waals surface area contributed by atoms with Crippen LogP contribution in [0.3, 0.4) is 0 Å². The van der Waals surface area contributed by atoms with E-state index < -0.39 is 113 Å². The number of halogens is 4. The van der Waals surface area contributed by atoms with E-state index in [1.807, 2.05) is 22.6 Å². The number of alkyl halides is 3. The summed E-state index contributed by atoms with van der Waals surface area (Å²) in [5.41, 5.74) is 9.12. The number of aliphatic carboxylic acids is 1. The topological polar surface area (TPSA) is 382 Å². The van der Waals surface area contributed by atoms with Gasteiger partial charge in [-0.2, -0.15) is 13.2 Å². The Labute approximate surface area is 466 Å². The first kappa shape index (κ1) is 62.4. The standard InChI is InChI=1S/C50H67F3IN15O10/c1-25(2)39(65-41(72)32(61-38(71)23-57-5)8-6-16-59-48(55)56)44(75)62-33(20-28-12-15-37(70)31(54)18-28)42(73)66-40(26(3)4)45(76)63-34(21-30-22-58-24-60-30)46(77)69-17-7-9-36(69)43(74)64-35(47(78)79)19-27-10-13-29(14-11-27)49(67-68-49)50(51,52)53/h10-15,18,22,24-26,32-36,39-40,57,70H,6-9,16-17,19-21,23H2,1-5H3,(H,58,60)(H,61,71)(H,62,75)(H,63,76)(H,64,74)(H,65,72)(H,66,73)(H,78,79)(H4,55,56,59)/t32-,33-,34-,35-,36-,39-,40-/m0/s1/i54-2. The summed E-state index contributed by atoms with van der Waals surface area (Å²) in [6.45, 7) is 6.66. The van der Waals surface area contributed by atoms with Crippen molar-refractivity contribution in [2.24, 2.45) is 38.5 Å². The van der Waals surface area contributed by atoms with Gasteiger partial charge in [0.1, 0.15) is 48.0 Å². The zero-order valence-electron chi connectivity index (χ0n) is 44.0. The number of likely N-dealkylation sites (N-methyl/N-ethyl adjacent to an activating group) is 1. The summed E-state index contributed by atoms with van der Waals surface area (Å²) in [4.78, 5) is 123. The van der Waals surface area contributed by atoms with Gasteiger partial charge in [0.05, 0.1) is 16.4 Å². The molecule has 0 aliphatic carbocycles. The third kappa shape index (κ3) is 17.3. The number of benzene rings is 2. The van der Waals surface area contributed by atoms with E-state index in [9.17, 15) is 61.7 Å². The van der Waals surface area contributed by atoms with Crippen molar-refractivity contribution in [2.75, 3.05) is 26.7 Å². The average Bonchev–Trinajstić information content (AvgIpc) is 3.95. The highest BCUT2D eigenvalue weighted by atomic mass is 125. The summed E-state index contributed by atoms with van der Waals surface area (Å²) in [5, 5.41) is 45.4. The van der Waals surface area contributed by atoms with Crippen LogP contribution in [-0.4, -0.2) is 154 Å². The number of hydrogen-bond donors (Lipinski definition) is 12. The van der Waals surface area contributed by atoms with E-state index >= 15 is 0 Å². The van der Waals surface area contributed by atoms with Crippen LogP contribution in [0, 0.1) is 15.4 Å². The Morgan fingerprint density at radius 3 is 1.94 bits per heavy atom. The SMILES string of the molecule is CNCC(=O)N[C@@H](CCCN=C(N)N)C(=O)N[C@H](C(=O)N[C@@H](Cc1ccc(O)c([125I])c1)C(=O)N[C@H](C(=O)N[C@@H](Cc1cnc[nH]1)C(=O)N1CCC[C@H]1C(=O)N[C@@H](Cc1ccc(C2(C(F)(F)F)N=N2)cc1)C(=O)O)C(C)C)C(C)C. The summed E-state index contributed by atoms with van der Waals surface area (Å²) < 4.78 is 41.2. The Morgan fingerprint density at radius 2 is 1.41 bits per heavy atom. The van der Waals surface area contributed by atoms with Gasteiger partial charge in [-0.1, -0.05) is 58.0 Å². The van der Waals surface area contributed by atoms with Gasteiger partial charge < -0.3 is 68.8 Å². The number of hydrogen-bond acceptors (Lipinski definition) is 14. The minimum atomic E-state index is -4.77. The molecule has 3 aromatic rings. The predicted octanol–water partition coefficient (Wildman–Crippen LogP) is 0.498. The predicted molar refractivity (Wildman–Crippen MR) is 287 cm³/mol. The van der Waals surface area contributed by atoms with Crippen LogP contribution >= 0.6 is 22.6 Å². The van der Waals surface area contributed by atoms with Crippen molar-refractivity contribution in [1.29, 1.82) is 0 Å². The second-order valence-corrected chi connectivity index (χ2v) is 21.0. The summed E-state index contributed by atoms with van der Waals surface area (Å²) in [7, 11) is 1.55. The molecule has 2 aromatic carbocycles. The van der Waals surface area contributed by atoms with Gasteiger partial charge in [0.15, 0.2) is 5.96 Å². The van der Waals surface area contributed by atoms with Crippen molar-refractivity contribution in [2.45, 2.75) is 127 Å². The smallest absolute Gasteiger partial charge is 0.442 e. The van der Waals surface area contributed by atoms with Gasteiger partial charge >= 0.3 is 17.8 Å². The molecule has 14 N–H and O–H groups in total. The van der Waals surface area contributed by atoms with Crippen molar-refractivity contribution in [3.63, 3.8) is 0 Å². The van der Waals surface area contributed by atoms with Crippen LogP contribution in [0.2, 0.25) is 0 Å². The number of rotatable bonds is 28. The molecule has 0 spiro atoms. The molecule has 0 bridgehead atoms. The number of carbonyl (C=O) groups excluding carboxylic acids is 7. The third-order valence-electron chi connectivity index (χ3n) is 13.1. The number of aromatic hydroxyl groups is 1. The van der Waals surface area contributed by atoms with Crippen LogP contribution in [0.15, 0.2) is 70.2 Å². The maximum Gasteiger partial charge on any atom is 0.442 e. The molecule has 2 aliphatic rings. The zero-order chi connectivity index (χ0) is 58.4. The molecule has 430 valence electrons. The van der Waals surface area contributed by atoms with Gasteiger partial charge in [0.25, 0.3) is 0 Å². The number of imidazole rings is 1. The number of nitrogens with two attached hydrogens (primary N) is 2. The number of carboxylic acid groups (broad SMARTS) is 1. The van der Waals surface area contributed by atoms with Crippen LogP contribution in [0.4, 0.5) is 13.2 Å². The fourth-order valence-electron chi connectivity index (χ4n) is 8.74. The van der Waals surface area contributed by atoms with Crippen LogP contribution < -0.4 is 48.7 Å². The minimum Gasteiger partial charge on any atom is -0.507 e. The molecular formula is C50H67F3IN15O10. The molecule has 0 radical (unpaired) electrons. The van der Waals surface area contributed by atoms with Crippen LogP contribution in [-0.2, 0) is 63.3 Å². The van der Waals surface area contributed by atoms with Gasteiger partial charge in [-0.25, -0.2) is 9.78 Å². The highest BCUT2D eigenvalue weighted by Gasteiger charge is 2.65. The van der Waals surface area contributed by atoms with E-state index in [2.05, 4.69) is 62.4 Å². The minimum absolute atomic E-state index is 0.0350. The molecule has 7 amide bonds. The molecule has 2 aliphatic heterocycles. The van der Waals surface area contributed by atoms with Crippen LogP contribution in [0.1, 0.15) is 75.8 Å². The molecule has 25 nitrogen and oxygen atoms in total. The number of nitrogens with zero attached hydrogens (tertiary/aromatic N) is 5. The number of likely N-dealkylation sites (tertiary alicyclic amines) is 1. The van der Waals surface area contributed by atoms with E-state index in [0.29, 0.717) is 21.2 Å². The first-order valence-corrected chi connectivity index (χ1v) is 26.4. The summed E-state index contributed by atoms with van der Waals surface area (Å²) in [6.07, 6.45) is -1.86. The van der Waals surface area contributed by atoms with E-state index in [0.717, 1.165) is 12.1 Å². The number of carboxylic acids is 1. The Balaban J connectivity index is 1.34. The number of aromatic nitrogens is 2. The highest BCUT2D eigenvalue weighted by molar-refractivity contribution is 14.1. The first-order valence-electron chi connectivity index (χ1n) is 25.3. The highest BCUT2D eigenvalue weighted by Crippen LogP contribution is 2.52. The maximum absolute atomic E-state index is 14.6. The lowest BCUT2D eigenvalue weighted by atomic mass is 9.98. The number of aromatic amines is 1. The molecule has 0 unspecified atom stereocenters. The van der Waals surface area contributed by atoms with E-state index in [-0.39, 0.29) is 81.0 Å². The lowest BCUT2D eigenvalue weighted by molar-refractivity contribution is -0.166. The van der Waals surface area contributed by atoms with Crippen molar-refractivity contribution in [3.8, 4) is 5.75 Å². The fourth-order valence-corrected chi connectivity index (χ4v) is 9.32. The lowest BCUT2D eigenvalue weighted by Gasteiger charge is -2.31. The summed E-state index contributed by atoms with van der Waals surface area (Å²) in [6, 6.07) is 0.0580. The van der Waals surface area contributed by atoms with Gasteiger partial charge in [-0.15, -0.1) is 10.2 Å². The number of nitrogens with one attached hydrogen (secondary N) is 8. The third-order valence-corrected chi connectivity index (χ3v) is 13.9. The average molecular weight is 1220 g/mol. The van der Waals surface area contributed by atoms with Crippen molar-refractivity contribution in [1.82, 2.24) is 52.1 Å². The molecule has 1 saturated heterocycles. The first-order chi connectivity index (χ1) is 37.2. The Hall–Kier alpha value is -7.44. The van der Waals surface area contributed by atoms with Crippen molar-refractivity contribution in [3.05, 3.63) is 80.9 Å². The number of H-pyrrole nitrogens is 1. The number of phenolic OH excluding ortho intramolecular Hbond substituents is 1. The quantitative estimate of drug-likeness (QED) is 0.0204. The molecule has 79 heavy (non-hydrogen) atoms. The Morgan fingerprint density at radius 1 is 0.810 bits per heavy atom. The Kier molecular flexibility index (Phi) is 22.1. The number of carbonyl (C=O) groups is 8. The largest absolute Gasteiger partial charge is 0.507 e. The van der Waals surface area contributed by atoms with Gasteiger partial charge in [-0.05, 0) is 90.4 Å².